The monoisotopic (exact) mass is 448 g/mol. The molecule has 0 aromatic carbocycles. The quantitative estimate of drug-likeness (QED) is 0.524. The van der Waals surface area contributed by atoms with Crippen LogP contribution in [0.15, 0.2) is 24.5 Å². The third kappa shape index (κ3) is 8.16. The number of rotatable bonds is 10. The fraction of sp³-hybridized carbons (Fsp3) is 0.591. The summed E-state index contributed by atoms with van der Waals surface area (Å²) in [4.78, 5) is 54.6. The van der Waals surface area contributed by atoms with Crippen molar-refractivity contribution in [3.05, 3.63) is 30.1 Å². The maximum atomic E-state index is 12.8. The summed E-state index contributed by atoms with van der Waals surface area (Å²) in [7, 11) is 0. The minimum Gasteiger partial charge on any atom is -0.449 e. The van der Waals surface area contributed by atoms with Gasteiger partial charge in [0.2, 0.25) is 5.91 Å². The van der Waals surface area contributed by atoms with Crippen molar-refractivity contribution in [2.75, 3.05) is 19.7 Å². The molecule has 0 radical (unpaired) electrons. The fourth-order valence-electron chi connectivity index (χ4n) is 3.13. The number of nitrogens with one attached hydrogen (secondary N) is 2. The number of ether oxygens (including phenoxy) is 2. The number of nitrogens with zero attached hydrogens (tertiary/aromatic N) is 2. The molecule has 3 amide bonds. The fourth-order valence-corrected chi connectivity index (χ4v) is 3.13. The van der Waals surface area contributed by atoms with Gasteiger partial charge in [0.25, 0.3) is 0 Å². The average Bonchev–Trinajstić information content (AvgIpc) is 3.12. The Bertz CT molecular complexity index is 786. The maximum absolute atomic E-state index is 12.8. The number of unbranched alkanes of at least 4 members (excludes halogenated alkanes) is 1. The van der Waals surface area contributed by atoms with Crippen LogP contribution in [0.5, 0.6) is 0 Å². The van der Waals surface area contributed by atoms with Gasteiger partial charge in [0.1, 0.15) is 18.7 Å². The van der Waals surface area contributed by atoms with Crippen LogP contribution in [0.2, 0.25) is 0 Å². The summed E-state index contributed by atoms with van der Waals surface area (Å²) in [5.74, 6) is -0.677. The van der Waals surface area contributed by atoms with Crippen LogP contribution in [0.4, 0.5) is 9.59 Å². The van der Waals surface area contributed by atoms with Gasteiger partial charge in [0.15, 0.2) is 5.78 Å². The van der Waals surface area contributed by atoms with Crippen LogP contribution in [-0.4, -0.2) is 65.5 Å². The van der Waals surface area contributed by atoms with Gasteiger partial charge in [-0.05, 0) is 36.5 Å². The van der Waals surface area contributed by atoms with Gasteiger partial charge >= 0.3 is 12.2 Å². The molecule has 10 nitrogen and oxygen atoms in total. The van der Waals surface area contributed by atoms with Gasteiger partial charge in [0.05, 0.1) is 19.7 Å². The van der Waals surface area contributed by atoms with Crippen LogP contribution < -0.4 is 10.6 Å². The molecular formula is C22H32N4O6. The summed E-state index contributed by atoms with van der Waals surface area (Å²) in [6.45, 7) is 6.07. The Hall–Kier alpha value is -3.17. The summed E-state index contributed by atoms with van der Waals surface area (Å²) in [6, 6.07) is 1.72. The third-order valence-electron chi connectivity index (χ3n) is 4.87. The summed E-state index contributed by atoms with van der Waals surface area (Å²) in [5.41, 5.74) is 0.766. The van der Waals surface area contributed by atoms with E-state index >= 15 is 0 Å². The second-order valence-electron chi connectivity index (χ2n) is 8.13. The molecule has 10 heteroatoms. The van der Waals surface area contributed by atoms with Gasteiger partial charge in [-0.2, -0.15) is 0 Å². The van der Waals surface area contributed by atoms with Gasteiger partial charge in [-0.3, -0.25) is 19.5 Å². The van der Waals surface area contributed by atoms with E-state index in [4.69, 9.17) is 9.47 Å². The van der Waals surface area contributed by atoms with Crippen molar-refractivity contribution in [3.63, 3.8) is 0 Å². The van der Waals surface area contributed by atoms with Crippen molar-refractivity contribution in [2.24, 2.45) is 5.92 Å². The molecule has 0 aliphatic carbocycles. The molecular weight excluding hydrogens is 416 g/mol. The standard InChI is InChI=1S/C22H32N4O6/c1-4-5-10-31-22(30)26-12-18(19(27)13-26)24-20(28)17(11-15(2)3)25-21(29)32-14-16-6-8-23-9-7-16/h6-9,15,17-18H,4-5,10-14H2,1-3H3,(H,24,28)(H,25,29)/t17-,18?/m0/s1. The molecule has 176 valence electrons. The highest BCUT2D eigenvalue weighted by Gasteiger charge is 2.37. The first-order valence-corrected chi connectivity index (χ1v) is 10.9. The van der Waals surface area contributed by atoms with E-state index in [1.807, 2.05) is 20.8 Å². The molecule has 0 spiro atoms. The predicted molar refractivity (Wildman–Crippen MR) is 116 cm³/mol. The lowest BCUT2D eigenvalue weighted by molar-refractivity contribution is -0.127. The normalized spacial score (nSPS) is 16.6. The molecule has 1 aliphatic rings. The minimum atomic E-state index is -0.877. The molecule has 1 aromatic rings. The van der Waals surface area contributed by atoms with Gasteiger partial charge in [-0.15, -0.1) is 0 Å². The molecule has 1 saturated heterocycles. The number of ketones is 1. The van der Waals surface area contributed by atoms with Gasteiger partial charge in [0, 0.05) is 12.4 Å². The van der Waals surface area contributed by atoms with E-state index < -0.39 is 30.2 Å². The van der Waals surface area contributed by atoms with Crippen LogP contribution in [-0.2, 0) is 25.7 Å². The summed E-state index contributed by atoms with van der Waals surface area (Å²) in [6.07, 6.45) is 3.87. The maximum Gasteiger partial charge on any atom is 0.410 e. The lowest BCUT2D eigenvalue weighted by Gasteiger charge is -2.22. The Morgan fingerprint density at radius 2 is 1.94 bits per heavy atom. The summed E-state index contributed by atoms with van der Waals surface area (Å²) >= 11 is 0. The number of hydrogen-bond acceptors (Lipinski definition) is 7. The Labute approximate surface area is 188 Å². The van der Waals surface area contributed by atoms with E-state index in [-0.39, 0.29) is 31.4 Å². The zero-order chi connectivity index (χ0) is 23.5. The highest BCUT2D eigenvalue weighted by Crippen LogP contribution is 2.11. The zero-order valence-electron chi connectivity index (χ0n) is 18.8. The molecule has 1 aromatic heterocycles. The molecule has 32 heavy (non-hydrogen) atoms. The van der Waals surface area contributed by atoms with E-state index in [0.717, 1.165) is 18.4 Å². The first kappa shape index (κ1) is 25.1. The number of amides is 3. The van der Waals surface area contributed by atoms with E-state index in [1.165, 1.54) is 4.90 Å². The number of carbonyl (C=O) groups excluding carboxylic acids is 4. The first-order chi connectivity index (χ1) is 15.3. The second kappa shape index (κ2) is 12.6. The van der Waals surface area contributed by atoms with Crippen molar-refractivity contribution >= 4 is 23.9 Å². The van der Waals surface area contributed by atoms with Gasteiger partial charge in [-0.25, -0.2) is 9.59 Å². The van der Waals surface area contributed by atoms with Gasteiger partial charge < -0.3 is 20.1 Å². The Morgan fingerprint density at radius 1 is 1.22 bits per heavy atom. The first-order valence-electron chi connectivity index (χ1n) is 10.9. The molecule has 0 bridgehead atoms. The number of pyridine rings is 1. The van der Waals surface area contributed by atoms with Crippen molar-refractivity contribution in [2.45, 2.75) is 58.7 Å². The Balaban J connectivity index is 1.89. The number of carbonyl (C=O) groups is 4. The average molecular weight is 449 g/mol. The zero-order valence-corrected chi connectivity index (χ0v) is 18.8. The van der Waals surface area contributed by atoms with Crippen molar-refractivity contribution in [1.82, 2.24) is 20.5 Å². The Kier molecular flexibility index (Phi) is 9.90. The number of Topliss-reactive ketones (excluding diaryl/α,β-unsaturated/α-hetero) is 1. The molecule has 1 aliphatic heterocycles. The summed E-state index contributed by atoms with van der Waals surface area (Å²) in [5, 5.41) is 5.22. The van der Waals surface area contributed by atoms with Crippen molar-refractivity contribution in [1.29, 1.82) is 0 Å². The highest BCUT2D eigenvalue weighted by molar-refractivity contribution is 5.96. The van der Waals surface area contributed by atoms with E-state index in [1.54, 1.807) is 24.5 Å². The van der Waals surface area contributed by atoms with Crippen LogP contribution in [0.25, 0.3) is 0 Å². The third-order valence-corrected chi connectivity index (χ3v) is 4.87. The van der Waals surface area contributed by atoms with Crippen LogP contribution in [0, 0.1) is 5.92 Å². The lowest BCUT2D eigenvalue weighted by Crippen LogP contribution is -2.52. The predicted octanol–water partition coefficient (Wildman–Crippen LogP) is 2.03. The van der Waals surface area contributed by atoms with E-state index in [2.05, 4.69) is 15.6 Å². The smallest absolute Gasteiger partial charge is 0.410 e. The highest BCUT2D eigenvalue weighted by atomic mass is 16.6. The van der Waals surface area contributed by atoms with Gasteiger partial charge in [-0.1, -0.05) is 27.2 Å². The number of alkyl carbamates (subject to hydrolysis) is 1. The topological polar surface area (TPSA) is 127 Å². The minimum absolute atomic E-state index is 0.0381. The number of likely N-dealkylation sites (tertiary alicyclic amines) is 1. The molecule has 2 N–H and O–H groups in total. The largest absolute Gasteiger partial charge is 0.449 e. The Morgan fingerprint density at radius 3 is 2.59 bits per heavy atom. The van der Waals surface area contributed by atoms with Crippen LogP contribution >= 0.6 is 0 Å². The lowest BCUT2D eigenvalue weighted by atomic mass is 10.0. The van der Waals surface area contributed by atoms with E-state index in [0.29, 0.717) is 13.0 Å². The van der Waals surface area contributed by atoms with Crippen LogP contribution in [0.3, 0.4) is 0 Å². The summed E-state index contributed by atoms with van der Waals surface area (Å²) < 4.78 is 10.3. The second-order valence-corrected chi connectivity index (χ2v) is 8.13. The number of aromatic nitrogens is 1. The van der Waals surface area contributed by atoms with Crippen molar-refractivity contribution in [3.8, 4) is 0 Å². The molecule has 1 unspecified atom stereocenters. The molecule has 1 fully saturated rings. The SMILES string of the molecule is CCCCOC(=O)N1CC(=O)C(NC(=O)[C@H](CC(C)C)NC(=O)OCc2ccncc2)C1. The number of hydrogen-bond donors (Lipinski definition) is 2. The van der Waals surface area contributed by atoms with Crippen LogP contribution in [0.1, 0.15) is 45.6 Å². The molecule has 2 atom stereocenters. The molecule has 0 saturated carbocycles. The molecule has 2 heterocycles. The molecule has 2 rings (SSSR count). The van der Waals surface area contributed by atoms with Crippen molar-refractivity contribution < 1.29 is 28.7 Å². The van der Waals surface area contributed by atoms with E-state index in [9.17, 15) is 19.2 Å².